The fraction of sp³-hybridized carbons (Fsp3) is 0.333. The lowest BCUT2D eigenvalue weighted by Crippen LogP contribution is -2.29. The van der Waals surface area contributed by atoms with Crippen molar-refractivity contribution in [3.63, 3.8) is 0 Å². The van der Waals surface area contributed by atoms with E-state index >= 15 is 0 Å². The number of alkyl halides is 3. The summed E-state index contributed by atoms with van der Waals surface area (Å²) >= 11 is 0. The van der Waals surface area contributed by atoms with Gasteiger partial charge in [0.1, 0.15) is 17.2 Å². The summed E-state index contributed by atoms with van der Waals surface area (Å²) in [7, 11) is 1.79. The average Bonchev–Trinajstić information content (AvgIpc) is 3.26. The standard InChI is InChI=1S/C24H24F3N3O2/c1-14-4-13-20-21(14)29-30(3)22(20)23(31)28-15(2)16-5-9-18(10-6-16)32-19-11-7-17(8-12-19)24(25,26)27/h5-12,14-15H,4,13H2,1-3H3,(H,28,31)/t14-,15?/m1/s1. The molecule has 8 heteroatoms. The number of hydrogen-bond donors (Lipinski definition) is 1. The molecule has 3 aromatic rings. The maximum absolute atomic E-state index is 12.9. The lowest BCUT2D eigenvalue weighted by molar-refractivity contribution is -0.137. The number of aryl methyl sites for hydroxylation is 1. The number of carbonyl (C=O) groups is 1. The Kier molecular flexibility index (Phi) is 5.71. The third-order valence-corrected chi connectivity index (χ3v) is 5.83. The van der Waals surface area contributed by atoms with Gasteiger partial charge in [-0.05, 0) is 61.7 Å². The SMILES string of the molecule is CC(NC(=O)c1c2c(nn1C)[C@H](C)CC2)c1ccc(Oc2ccc(C(F)(F)F)cc2)cc1. The Morgan fingerprint density at radius 3 is 2.31 bits per heavy atom. The maximum Gasteiger partial charge on any atom is 0.416 e. The van der Waals surface area contributed by atoms with Gasteiger partial charge in [-0.2, -0.15) is 18.3 Å². The minimum absolute atomic E-state index is 0.159. The van der Waals surface area contributed by atoms with Crippen LogP contribution in [0.25, 0.3) is 0 Å². The number of benzene rings is 2. The van der Waals surface area contributed by atoms with Gasteiger partial charge < -0.3 is 10.1 Å². The second-order valence-corrected chi connectivity index (χ2v) is 8.16. The van der Waals surface area contributed by atoms with Crippen LogP contribution >= 0.6 is 0 Å². The van der Waals surface area contributed by atoms with Crippen LogP contribution < -0.4 is 10.1 Å². The smallest absolute Gasteiger partial charge is 0.416 e. The highest BCUT2D eigenvalue weighted by Crippen LogP contribution is 2.34. The topological polar surface area (TPSA) is 56.2 Å². The van der Waals surface area contributed by atoms with Gasteiger partial charge in [0, 0.05) is 18.5 Å². The number of halogens is 3. The van der Waals surface area contributed by atoms with Gasteiger partial charge in [0.05, 0.1) is 17.3 Å². The van der Waals surface area contributed by atoms with Crippen LogP contribution in [-0.4, -0.2) is 15.7 Å². The quantitative estimate of drug-likeness (QED) is 0.545. The predicted octanol–water partition coefficient (Wildman–Crippen LogP) is 5.77. The number of fused-ring (bicyclic) bond motifs is 1. The zero-order valence-corrected chi connectivity index (χ0v) is 18.0. The molecule has 0 saturated carbocycles. The Bertz CT molecular complexity index is 1120. The summed E-state index contributed by atoms with van der Waals surface area (Å²) in [5.74, 6) is 1.01. The van der Waals surface area contributed by atoms with Crippen molar-refractivity contribution in [1.82, 2.24) is 15.1 Å². The van der Waals surface area contributed by atoms with Gasteiger partial charge in [-0.15, -0.1) is 0 Å². The summed E-state index contributed by atoms with van der Waals surface area (Å²) in [4.78, 5) is 12.9. The van der Waals surface area contributed by atoms with E-state index in [0.717, 1.165) is 41.8 Å². The molecule has 4 rings (SSSR count). The lowest BCUT2D eigenvalue weighted by Gasteiger charge is -2.16. The fourth-order valence-electron chi connectivity index (χ4n) is 4.03. The van der Waals surface area contributed by atoms with E-state index in [2.05, 4.69) is 17.3 Å². The molecule has 1 aliphatic rings. The van der Waals surface area contributed by atoms with Gasteiger partial charge >= 0.3 is 6.18 Å². The van der Waals surface area contributed by atoms with Gasteiger partial charge in [0.25, 0.3) is 5.91 Å². The molecule has 1 amide bonds. The predicted molar refractivity (Wildman–Crippen MR) is 114 cm³/mol. The van der Waals surface area contributed by atoms with Crippen molar-refractivity contribution in [1.29, 1.82) is 0 Å². The van der Waals surface area contributed by atoms with Gasteiger partial charge in [0.2, 0.25) is 0 Å². The first-order chi connectivity index (χ1) is 15.1. The van der Waals surface area contributed by atoms with Crippen LogP contribution in [0.3, 0.4) is 0 Å². The number of amides is 1. The van der Waals surface area contributed by atoms with Crippen molar-refractivity contribution in [3.8, 4) is 11.5 Å². The highest BCUT2D eigenvalue weighted by atomic mass is 19.4. The zero-order chi connectivity index (χ0) is 23.0. The third kappa shape index (κ3) is 4.35. The second kappa shape index (κ2) is 8.33. The van der Waals surface area contributed by atoms with Crippen molar-refractivity contribution < 1.29 is 22.7 Å². The number of aromatic nitrogens is 2. The molecular formula is C24H24F3N3O2. The summed E-state index contributed by atoms with van der Waals surface area (Å²) in [6.45, 7) is 4.01. The fourth-order valence-corrected chi connectivity index (χ4v) is 4.03. The van der Waals surface area contributed by atoms with Gasteiger partial charge in [-0.25, -0.2) is 0 Å². The van der Waals surface area contributed by atoms with Crippen molar-refractivity contribution >= 4 is 5.91 Å². The lowest BCUT2D eigenvalue weighted by atomic mass is 10.1. The summed E-state index contributed by atoms with van der Waals surface area (Å²) in [5.41, 5.74) is 2.81. The van der Waals surface area contributed by atoms with Crippen LogP contribution in [0, 0.1) is 0 Å². The average molecular weight is 443 g/mol. The van der Waals surface area contributed by atoms with Crippen molar-refractivity contribution in [3.05, 3.63) is 76.6 Å². The number of carbonyl (C=O) groups excluding carboxylic acids is 1. The van der Waals surface area contributed by atoms with E-state index in [1.807, 2.05) is 19.1 Å². The molecule has 0 fully saturated rings. The van der Waals surface area contributed by atoms with Crippen molar-refractivity contribution in [2.45, 2.75) is 44.8 Å². The highest BCUT2D eigenvalue weighted by Gasteiger charge is 2.31. The summed E-state index contributed by atoms with van der Waals surface area (Å²) in [6.07, 6.45) is -2.51. The summed E-state index contributed by atoms with van der Waals surface area (Å²) in [6, 6.07) is 11.4. The van der Waals surface area contributed by atoms with Gasteiger partial charge in [-0.3, -0.25) is 9.48 Å². The molecule has 1 N–H and O–H groups in total. The van der Waals surface area contributed by atoms with Crippen LogP contribution in [0.1, 0.15) is 65.1 Å². The summed E-state index contributed by atoms with van der Waals surface area (Å²) in [5, 5.41) is 7.55. The number of rotatable bonds is 5. The summed E-state index contributed by atoms with van der Waals surface area (Å²) < 4.78 is 45.3. The van der Waals surface area contributed by atoms with E-state index in [1.165, 1.54) is 12.1 Å². The highest BCUT2D eigenvalue weighted by molar-refractivity contribution is 5.94. The zero-order valence-electron chi connectivity index (χ0n) is 18.0. The molecule has 0 bridgehead atoms. The number of nitrogens with one attached hydrogen (secondary N) is 1. The molecule has 5 nitrogen and oxygen atoms in total. The molecule has 1 aromatic heterocycles. The molecule has 2 aromatic carbocycles. The molecule has 1 aliphatic carbocycles. The van der Waals surface area contributed by atoms with E-state index < -0.39 is 11.7 Å². The minimum atomic E-state index is -4.38. The Balaban J connectivity index is 1.41. The van der Waals surface area contributed by atoms with E-state index in [-0.39, 0.29) is 11.9 Å². The molecule has 1 heterocycles. The van der Waals surface area contributed by atoms with Crippen LogP contribution in [0.2, 0.25) is 0 Å². The Labute approximate surface area is 184 Å². The van der Waals surface area contributed by atoms with E-state index in [0.29, 0.717) is 23.1 Å². The van der Waals surface area contributed by atoms with E-state index in [9.17, 15) is 18.0 Å². The second-order valence-electron chi connectivity index (χ2n) is 8.16. The maximum atomic E-state index is 12.9. The number of nitrogens with zero attached hydrogens (tertiary/aromatic N) is 2. The van der Waals surface area contributed by atoms with Crippen LogP contribution in [0.5, 0.6) is 11.5 Å². The molecule has 0 spiro atoms. The molecular weight excluding hydrogens is 419 g/mol. The van der Waals surface area contributed by atoms with Gasteiger partial charge in [0.15, 0.2) is 0 Å². The van der Waals surface area contributed by atoms with E-state index in [4.69, 9.17) is 4.74 Å². The minimum Gasteiger partial charge on any atom is -0.457 e. The van der Waals surface area contributed by atoms with Crippen LogP contribution in [0.4, 0.5) is 13.2 Å². The molecule has 2 atom stereocenters. The van der Waals surface area contributed by atoms with E-state index in [1.54, 1.807) is 23.9 Å². The molecule has 168 valence electrons. The van der Waals surface area contributed by atoms with Crippen molar-refractivity contribution in [2.75, 3.05) is 0 Å². The molecule has 32 heavy (non-hydrogen) atoms. The van der Waals surface area contributed by atoms with Crippen molar-refractivity contribution in [2.24, 2.45) is 7.05 Å². The van der Waals surface area contributed by atoms with Gasteiger partial charge in [-0.1, -0.05) is 19.1 Å². The Morgan fingerprint density at radius 2 is 1.72 bits per heavy atom. The molecule has 0 aliphatic heterocycles. The monoisotopic (exact) mass is 443 g/mol. The molecule has 0 radical (unpaired) electrons. The normalized spacial score (nSPS) is 16.5. The first kappa shape index (κ1) is 21.9. The molecule has 0 saturated heterocycles. The first-order valence-electron chi connectivity index (χ1n) is 10.4. The third-order valence-electron chi connectivity index (χ3n) is 5.83. The Morgan fingerprint density at radius 1 is 1.12 bits per heavy atom. The first-order valence-corrected chi connectivity index (χ1v) is 10.4. The molecule has 1 unspecified atom stereocenters. The number of ether oxygens (including phenoxy) is 1. The Hall–Kier alpha value is -3.29. The largest absolute Gasteiger partial charge is 0.457 e. The number of hydrogen-bond acceptors (Lipinski definition) is 3. The van der Waals surface area contributed by atoms with Crippen LogP contribution in [0.15, 0.2) is 48.5 Å². The van der Waals surface area contributed by atoms with Crippen LogP contribution in [-0.2, 0) is 19.6 Å².